The van der Waals surface area contributed by atoms with E-state index in [0.717, 1.165) is 10.8 Å². The van der Waals surface area contributed by atoms with Crippen molar-refractivity contribution in [1.82, 2.24) is 10.4 Å². The molecule has 0 saturated carbocycles. The molecule has 3 aromatic rings. The summed E-state index contributed by atoms with van der Waals surface area (Å²) >= 11 is 0. The van der Waals surface area contributed by atoms with E-state index in [1.54, 1.807) is 30.3 Å². The van der Waals surface area contributed by atoms with Crippen LogP contribution in [0.5, 0.6) is 0 Å². The molecule has 0 radical (unpaired) electrons. The molecule has 0 aromatic heterocycles. The van der Waals surface area contributed by atoms with E-state index in [-0.39, 0.29) is 11.8 Å². The van der Waals surface area contributed by atoms with E-state index in [1.165, 1.54) is 5.01 Å². The highest BCUT2D eigenvalue weighted by molar-refractivity contribution is 6.08. The number of carbonyl (C=O) groups is 2. The number of hydrogen-bond acceptors (Lipinski definition) is 2. The van der Waals surface area contributed by atoms with Crippen LogP contribution in [0, 0.1) is 0 Å². The predicted molar refractivity (Wildman–Crippen MR) is 104 cm³/mol. The molecule has 4 heteroatoms. The fourth-order valence-corrected chi connectivity index (χ4v) is 2.82. The number of hydrogen-bond donors (Lipinski definition) is 1. The van der Waals surface area contributed by atoms with Crippen molar-refractivity contribution in [1.29, 1.82) is 0 Å². The van der Waals surface area contributed by atoms with Crippen LogP contribution < -0.4 is 5.43 Å². The number of carbonyl (C=O) groups excluding carboxylic acids is 2. The van der Waals surface area contributed by atoms with Crippen LogP contribution in [-0.2, 0) is 0 Å². The fraction of sp³-hybridized carbons (Fsp3) is 0.182. The van der Waals surface area contributed by atoms with Crippen LogP contribution >= 0.6 is 0 Å². The Morgan fingerprint density at radius 2 is 1.42 bits per heavy atom. The topological polar surface area (TPSA) is 49.4 Å². The van der Waals surface area contributed by atoms with Gasteiger partial charge in [0.25, 0.3) is 11.8 Å². The number of rotatable bonds is 2. The molecule has 0 heterocycles. The molecule has 0 atom stereocenters. The van der Waals surface area contributed by atoms with Crippen molar-refractivity contribution in [3.63, 3.8) is 0 Å². The van der Waals surface area contributed by atoms with Crippen molar-refractivity contribution in [2.24, 2.45) is 0 Å². The molecule has 4 nitrogen and oxygen atoms in total. The van der Waals surface area contributed by atoms with Crippen LogP contribution in [0.15, 0.2) is 72.8 Å². The summed E-state index contributed by atoms with van der Waals surface area (Å²) in [5.41, 5.74) is 3.30. The van der Waals surface area contributed by atoms with E-state index >= 15 is 0 Å². The third-order valence-electron chi connectivity index (χ3n) is 4.14. The second kappa shape index (κ2) is 7.00. The van der Waals surface area contributed by atoms with Gasteiger partial charge in [0.2, 0.25) is 0 Å². The van der Waals surface area contributed by atoms with Crippen LogP contribution in [0.2, 0.25) is 0 Å². The molecule has 0 spiro atoms. The third kappa shape index (κ3) is 3.59. The fourth-order valence-electron chi connectivity index (χ4n) is 2.82. The van der Waals surface area contributed by atoms with Gasteiger partial charge in [-0.3, -0.25) is 15.0 Å². The van der Waals surface area contributed by atoms with E-state index in [4.69, 9.17) is 0 Å². The maximum Gasteiger partial charge on any atom is 0.272 e. The normalized spacial score (nSPS) is 11.2. The number of benzene rings is 3. The molecule has 132 valence electrons. The highest BCUT2D eigenvalue weighted by Gasteiger charge is 2.29. The molecule has 0 saturated heterocycles. The zero-order valence-corrected chi connectivity index (χ0v) is 15.2. The first-order valence-corrected chi connectivity index (χ1v) is 8.56. The highest BCUT2D eigenvalue weighted by Crippen LogP contribution is 2.20. The maximum atomic E-state index is 12.9. The van der Waals surface area contributed by atoms with Gasteiger partial charge in [-0.25, -0.2) is 5.01 Å². The molecular formula is C22H22N2O2. The molecule has 1 N–H and O–H groups in total. The number of hydrazine groups is 1. The SMILES string of the molecule is CC(C)(C)N(NC(=O)c1cccc2ccccc12)C(=O)c1ccccc1. The molecule has 0 unspecified atom stereocenters. The summed E-state index contributed by atoms with van der Waals surface area (Å²) < 4.78 is 0. The molecule has 0 aliphatic rings. The summed E-state index contributed by atoms with van der Waals surface area (Å²) in [6.45, 7) is 5.66. The van der Waals surface area contributed by atoms with Crippen LogP contribution in [0.25, 0.3) is 10.8 Å². The molecule has 3 rings (SSSR count). The van der Waals surface area contributed by atoms with E-state index in [1.807, 2.05) is 63.2 Å². The number of nitrogens with zero attached hydrogens (tertiary/aromatic N) is 1. The summed E-state index contributed by atoms with van der Waals surface area (Å²) in [7, 11) is 0. The summed E-state index contributed by atoms with van der Waals surface area (Å²) in [6.07, 6.45) is 0. The third-order valence-corrected chi connectivity index (χ3v) is 4.14. The average Bonchev–Trinajstić information content (AvgIpc) is 2.64. The molecular weight excluding hydrogens is 324 g/mol. The second-order valence-electron chi connectivity index (χ2n) is 7.15. The number of nitrogens with one attached hydrogen (secondary N) is 1. The molecule has 0 aliphatic heterocycles. The Morgan fingerprint density at radius 3 is 2.12 bits per heavy atom. The standard InChI is InChI=1S/C22H22N2O2/c1-22(2,3)24(21(26)17-11-5-4-6-12-17)23-20(25)19-15-9-13-16-10-7-8-14-18(16)19/h4-15H,1-3H3,(H,23,25). The molecule has 2 amide bonds. The van der Waals surface area contributed by atoms with Crippen molar-refractivity contribution in [3.8, 4) is 0 Å². The Labute approximate surface area is 153 Å². The Balaban J connectivity index is 1.94. The number of fused-ring (bicyclic) bond motifs is 1. The largest absolute Gasteiger partial charge is 0.272 e. The predicted octanol–water partition coefficient (Wildman–Crippen LogP) is 4.43. The van der Waals surface area contributed by atoms with Crippen LogP contribution in [0.3, 0.4) is 0 Å². The van der Waals surface area contributed by atoms with E-state index in [2.05, 4.69) is 5.43 Å². The second-order valence-corrected chi connectivity index (χ2v) is 7.15. The van der Waals surface area contributed by atoms with Gasteiger partial charge in [-0.05, 0) is 49.7 Å². The van der Waals surface area contributed by atoms with Crippen molar-refractivity contribution in [3.05, 3.63) is 83.9 Å². The van der Waals surface area contributed by atoms with Gasteiger partial charge in [0.1, 0.15) is 0 Å². The zero-order chi connectivity index (χ0) is 18.7. The van der Waals surface area contributed by atoms with Gasteiger partial charge < -0.3 is 0 Å². The molecule has 26 heavy (non-hydrogen) atoms. The lowest BCUT2D eigenvalue weighted by Gasteiger charge is -2.35. The molecule has 0 bridgehead atoms. The smallest absolute Gasteiger partial charge is 0.267 e. The Morgan fingerprint density at radius 1 is 0.808 bits per heavy atom. The lowest BCUT2D eigenvalue weighted by Crippen LogP contribution is -2.55. The lowest BCUT2D eigenvalue weighted by molar-refractivity contribution is 0.0359. The van der Waals surface area contributed by atoms with Gasteiger partial charge >= 0.3 is 0 Å². The van der Waals surface area contributed by atoms with Crippen LogP contribution in [-0.4, -0.2) is 22.4 Å². The minimum atomic E-state index is -0.576. The van der Waals surface area contributed by atoms with Crippen molar-refractivity contribution in [2.45, 2.75) is 26.3 Å². The van der Waals surface area contributed by atoms with Crippen molar-refractivity contribution >= 4 is 22.6 Å². The summed E-state index contributed by atoms with van der Waals surface area (Å²) in [5, 5.41) is 3.23. The van der Waals surface area contributed by atoms with Gasteiger partial charge in [0, 0.05) is 11.1 Å². The number of amides is 2. The van der Waals surface area contributed by atoms with Gasteiger partial charge in [0.05, 0.1) is 5.54 Å². The van der Waals surface area contributed by atoms with Crippen LogP contribution in [0.1, 0.15) is 41.5 Å². The minimum absolute atomic E-state index is 0.244. The first kappa shape index (κ1) is 17.7. The lowest BCUT2D eigenvalue weighted by atomic mass is 10.0. The van der Waals surface area contributed by atoms with Gasteiger partial charge in [-0.1, -0.05) is 54.6 Å². The molecule has 0 aliphatic carbocycles. The first-order valence-electron chi connectivity index (χ1n) is 8.56. The quantitative estimate of drug-likeness (QED) is 0.698. The zero-order valence-electron chi connectivity index (χ0n) is 15.2. The first-order chi connectivity index (χ1) is 12.4. The van der Waals surface area contributed by atoms with Crippen molar-refractivity contribution < 1.29 is 9.59 Å². The summed E-state index contributed by atoms with van der Waals surface area (Å²) in [6, 6.07) is 22.2. The Kier molecular flexibility index (Phi) is 4.76. The van der Waals surface area contributed by atoms with E-state index in [9.17, 15) is 9.59 Å². The van der Waals surface area contributed by atoms with E-state index < -0.39 is 5.54 Å². The highest BCUT2D eigenvalue weighted by atomic mass is 16.2. The molecule has 0 fully saturated rings. The Bertz CT molecular complexity index is 938. The van der Waals surface area contributed by atoms with Crippen molar-refractivity contribution in [2.75, 3.05) is 0 Å². The van der Waals surface area contributed by atoms with Gasteiger partial charge in [-0.15, -0.1) is 0 Å². The minimum Gasteiger partial charge on any atom is -0.267 e. The monoisotopic (exact) mass is 346 g/mol. The summed E-state index contributed by atoms with van der Waals surface area (Å²) in [5.74, 6) is -0.548. The van der Waals surface area contributed by atoms with Gasteiger partial charge in [-0.2, -0.15) is 0 Å². The van der Waals surface area contributed by atoms with Gasteiger partial charge in [0.15, 0.2) is 0 Å². The van der Waals surface area contributed by atoms with E-state index in [0.29, 0.717) is 11.1 Å². The molecule has 3 aromatic carbocycles. The maximum absolute atomic E-state index is 12.9. The van der Waals surface area contributed by atoms with Crippen LogP contribution in [0.4, 0.5) is 0 Å². The Hall–Kier alpha value is -3.14. The summed E-state index contributed by atoms with van der Waals surface area (Å²) in [4.78, 5) is 25.9. The average molecular weight is 346 g/mol.